The molecule has 0 saturated carbocycles. The summed E-state index contributed by atoms with van der Waals surface area (Å²) < 4.78 is 12.3. The van der Waals surface area contributed by atoms with Gasteiger partial charge in [-0.05, 0) is 58.2 Å². The van der Waals surface area contributed by atoms with Crippen molar-refractivity contribution < 1.29 is 19.1 Å². The van der Waals surface area contributed by atoms with Gasteiger partial charge in [0.25, 0.3) is 0 Å². The molecule has 1 aliphatic rings. The van der Waals surface area contributed by atoms with Gasteiger partial charge in [-0.2, -0.15) is 0 Å². The van der Waals surface area contributed by atoms with Crippen molar-refractivity contribution in [1.82, 2.24) is 14.5 Å². The molecular formula is C19H31N3O4. The van der Waals surface area contributed by atoms with E-state index in [1.807, 2.05) is 12.5 Å². The molecule has 0 N–H and O–H groups in total. The van der Waals surface area contributed by atoms with Crippen LogP contribution in [0.5, 0.6) is 0 Å². The van der Waals surface area contributed by atoms with Crippen LogP contribution in [0.3, 0.4) is 0 Å². The van der Waals surface area contributed by atoms with E-state index < -0.39 is 0 Å². The molecule has 0 unspecified atom stereocenters. The van der Waals surface area contributed by atoms with E-state index in [9.17, 15) is 9.59 Å². The summed E-state index contributed by atoms with van der Waals surface area (Å²) in [7, 11) is 0. The van der Waals surface area contributed by atoms with Gasteiger partial charge < -0.3 is 18.9 Å². The zero-order chi connectivity index (χ0) is 18.8. The van der Waals surface area contributed by atoms with Crippen molar-refractivity contribution in [2.75, 3.05) is 32.8 Å². The van der Waals surface area contributed by atoms with Gasteiger partial charge in [0.15, 0.2) is 0 Å². The van der Waals surface area contributed by atoms with Crippen molar-refractivity contribution in [3.63, 3.8) is 0 Å². The van der Waals surface area contributed by atoms with E-state index in [0.29, 0.717) is 26.1 Å². The minimum Gasteiger partial charge on any atom is -0.466 e. The normalized spacial score (nSPS) is 17.0. The zero-order valence-electron chi connectivity index (χ0n) is 16.0. The number of esters is 2. The van der Waals surface area contributed by atoms with Crippen LogP contribution < -0.4 is 0 Å². The highest BCUT2D eigenvalue weighted by molar-refractivity contribution is 5.74. The number of hydrogen-bond donors (Lipinski definition) is 0. The fraction of sp³-hybridized carbons (Fsp3) is 0.737. The number of rotatable bonds is 10. The molecule has 2 heterocycles. The Balaban J connectivity index is 1.85. The minimum absolute atomic E-state index is 0.217. The third-order valence-electron chi connectivity index (χ3n) is 5.02. The molecule has 0 atom stereocenters. The number of hydrogen-bond acceptors (Lipinski definition) is 6. The number of imidazole rings is 1. The van der Waals surface area contributed by atoms with Crippen molar-refractivity contribution in [3.05, 3.63) is 18.7 Å². The number of carbonyl (C=O) groups is 2. The molecule has 26 heavy (non-hydrogen) atoms. The molecule has 0 aromatic carbocycles. The van der Waals surface area contributed by atoms with Crippen LogP contribution in [0.25, 0.3) is 0 Å². The van der Waals surface area contributed by atoms with Gasteiger partial charge in [0.05, 0.1) is 32.4 Å². The molecule has 1 saturated heterocycles. The first-order valence-electron chi connectivity index (χ1n) is 9.56. The van der Waals surface area contributed by atoms with Gasteiger partial charge in [0.2, 0.25) is 0 Å². The number of ether oxygens (including phenoxy) is 2. The Hall–Kier alpha value is -1.89. The largest absolute Gasteiger partial charge is 0.466 e. The maximum Gasteiger partial charge on any atom is 0.306 e. The summed E-state index contributed by atoms with van der Waals surface area (Å²) in [6.07, 6.45) is 8.87. The monoisotopic (exact) mass is 365 g/mol. The molecule has 0 aliphatic carbocycles. The van der Waals surface area contributed by atoms with Gasteiger partial charge in [-0.15, -0.1) is 0 Å². The van der Waals surface area contributed by atoms with E-state index in [1.54, 1.807) is 20.0 Å². The fourth-order valence-electron chi connectivity index (χ4n) is 3.60. The molecule has 7 nitrogen and oxygen atoms in total. The Morgan fingerprint density at radius 2 is 1.65 bits per heavy atom. The van der Waals surface area contributed by atoms with Crippen LogP contribution in [0.4, 0.5) is 0 Å². The number of carbonyl (C=O) groups excluding carboxylic acids is 2. The van der Waals surface area contributed by atoms with Crippen molar-refractivity contribution in [1.29, 1.82) is 0 Å². The Morgan fingerprint density at radius 3 is 2.15 bits per heavy atom. The van der Waals surface area contributed by atoms with E-state index in [4.69, 9.17) is 9.47 Å². The van der Waals surface area contributed by atoms with E-state index in [0.717, 1.165) is 45.4 Å². The molecule has 0 amide bonds. The molecule has 0 spiro atoms. The summed E-state index contributed by atoms with van der Waals surface area (Å²) >= 11 is 0. The van der Waals surface area contributed by atoms with Crippen LogP contribution in [0.15, 0.2) is 18.7 Å². The molecule has 2 rings (SSSR count). The highest BCUT2D eigenvalue weighted by atomic mass is 16.5. The van der Waals surface area contributed by atoms with Crippen LogP contribution >= 0.6 is 0 Å². The second kappa shape index (κ2) is 10.3. The summed E-state index contributed by atoms with van der Waals surface area (Å²) in [5, 5.41) is 0. The molecule has 7 heteroatoms. The fourth-order valence-corrected chi connectivity index (χ4v) is 3.60. The van der Waals surface area contributed by atoms with Gasteiger partial charge in [-0.3, -0.25) is 9.59 Å². The Kier molecular flexibility index (Phi) is 8.09. The summed E-state index contributed by atoms with van der Waals surface area (Å²) in [5.74, 6) is -0.435. The van der Waals surface area contributed by atoms with Gasteiger partial charge >= 0.3 is 11.9 Å². The summed E-state index contributed by atoms with van der Waals surface area (Å²) in [4.78, 5) is 30.6. The van der Waals surface area contributed by atoms with Crippen molar-refractivity contribution in [2.45, 2.75) is 52.5 Å². The molecule has 1 aliphatic heterocycles. The highest BCUT2D eigenvalue weighted by Crippen LogP contribution is 2.39. The van der Waals surface area contributed by atoms with Crippen LogP contribution in [0, 0.1) is 5.41 Å². The standard InChI is InChI=1S/C19H31N3O4/c1-3-25-17(23)14-19(15-18(24)26-4-2)6-11-21(12-7-19)9-5-10-22-13-8-20-16-22/h8,13,16H,3-7,9-12,14-15H2,1-2H3. The average Bonchev–Trinajstić information content (AvgIpc) is 3.10. The highest BCUT2D eigenvalue weighted by Gasteiger charge is 2.39. The van der Waals surface area contributed by atoms with E-state index in [1.165, 1.54) is 0 Å². The lowest BCUT2D eigenvalue weighted by atomic mass is 9.73. The number of nitrogens with zero attached hydrogens (tertiary/aromatic N) is 3. The quantitative estimate of drug-likeness (QED) is 0.592. The minimum atomic E-state index is -0.334. The second-order valence-corrected chi connectivity index (χ2v) is 6.96. The lowest BCUT2D eigenvalue weighted by molar-refractivity contribution is -0.151. The lowest BCUT2D eigenvalue weighted by Crippen LogP contribution is -2.43. The topological polar surface area (TPSA) is 73.7 Å². The second-order valence-electron chi connectivity index (χ2n) is 6.96. The number of aromatic nitrogens is 2. The lowest BCUT2D eigenvalue weighted by Gasteiger charge is -2.40. The molecule has 1 fully saturated rings. The number of aryl methyl sites for hydroxylation is 1. The van der Waals surface area contributed by atoms with Crippen molar-refractivity contribution in [3.8, 4) is 0 Å². The summed E-state index contributed by atoms with van der Waals surface area (Å²) in [6.45, 7) is 8.09. The molecule has 146 valence electrons. The smallest absolute Gasteiger partial charge is 0.306 e. The third-order valence-corrected chi connectivity index (χ3v) is 5.02. The molecule has 1 aromatic heterocycles. The summed E-state index contributed by atoms with van der Waals surface area (Å²) in [5.41, 5.74) is -0.334. The molecule has 0 radical (unpaired) electrons. The first kappa shape index (κ1) is 20.4. The molecule has 0 bridgehead atoms. The predicted molar refractivity (Wildman–Crippen MR) is 97.5 cm³/mol. The van der Waals surface area contributed by atoms with Crippen molar-refractivity contribution >= 4 is 11.9 Å². The van der Waals surface area contributed by atoms with Gasteiger partial charge in [-0.25, -0.2) is 4.98 Å². The Morgan fingerprint density at radius 1 is 1.04 bits per heavy atom. The van der Waals surface area contributed by atoms with E-state index >= 15 is 0 Å². The first-order valence-corrected chi connectivity index (χ1v) is 9.56. The number of likely N-dealkylation sites (tertiary alicyclic amines) is 1. The van der Waals surface area contributed by atoms with E-state index in [2.05, 4.69) is 14.5 Å². The van der Waals surface area contributed by atoms with Gasteiger partial charge in [0.1, 0.15) is 0 Å². The van der Waals surface area contributed by atoms with E-state index in [-0.39, 0.29) is 17.4 Å². The predicted octanol–water partition coefficient (Wildman–Crippen LogP) is 2.26. The van der Waals surface area contributed by atoms with Crippen molar-refractivity contribution in [2.24, 2.45) is 5.41 Å². The van der Waals surface area contributed by atoms with Crippen LogP contribution in [-0.4, -0.2) is 59.2 Å². The third kappa shape index (κ3) is 6.44. The molecular weight excluding hydrogens is 334 g/mol. The Labute approximate surface area is 155 Å². The maximum absolute atomic E-state index is 12.0. The maximum atomic E-state index is 12.0. The summed E-state index contributed by atoms with van der Waals surface area (Å²) in [6, 6.07) is 0. The van der Waals surface area contributed by atoms with Gasteiger partial charge in [-0.1, -0.05) is 0 Å². The van der Waals surface area contributed by atoms with Gasteiger partial charge in [0, 0.05) is 18.9 Å². The van der Waals surface area contributed by atoms with Crippen LogP contribution in [-0.2, 0) is 25.6 Å². The first-order chi connectivity index (χ1) is 12.6. The van der Waals surface area contributed by atoms with Crippen LogP contribution in [0.2, 0.25) is 0 Å². The SMILES string of the molecule is CCOC(=O)CC1(CC(=O)OCC)CCN(CCCn2ccnc2)CC1. The number of piperidine rings is 1. The van der Waals surface area contributed by atoms with Crippen LogP contribution in [0.1, 0.15) is 46.0 Å². The average molecular weight is 365 g/mol. The Bertz CT molecular complexity index is 529. The molecule has 1 aromatic rings. The zero-order valence-corrected chi connectivity index (χ0v) is 16.0.